The number of aryl methyl sites for hydroxylation is 1. The van der Waals surface area contributed by atoms with Crippen LogP contribution in [0.1, 0.15) is 12.5 Å². The molecule has 2 heterocycles. The minimum absolute atomic E-state index is 0. The molecule has 0 amide bonds. The Hall–Kier alpha value is 3.44. The van der Waals surface area contributed by atoms with Gasteiger partial charge in [-0.25, -0.2) is 14.6 Å². The number of hydrogen-bond donors (Lipinski definition) is 3. The molecule has 37 heavy (non-hydrogen) atoms. The maximum atomic E-state index is 8.87. The van der Waals surface area contributed by atoms with Gasteiger partial charge in [-0.3, -0.25) is 0 Å². The van der Waals surface area contributed by atoms with Crippen molar-refractivity contribution in [1.82, 2.24) is 19.9 Å². The van der Waals surface area contributed by atoms with Crippen molar-refractivity contribution in [3.8, 4) is 22.8 Å². The van der Waals surface area contributed by atoms with Crippen molar-refractivity contribution >= 4 is 108 Å². The van der Waals surface area contributed by atoms with Crippen LogP contribution in [0.25, 0.3) is 22.8 Å². The van der Waals surface area contributed by atoms with Gasteiger partial charge in [0.05, 0.1) is 0 Å². The van der Waals surface area contributed by atoms with Gasteiger partial charge < -0.3 is 25.9 Å². The predicted octanol–water partition coefficient (Wildman–Crippen LogP) is 0.475. The SMILES string of the molecule is Brc1ccccc1-c1ncc[nH]1.CCc1ccccc1-c1ncc[nH]1.CN.O=[P+]([O-])O[O-].[Cu][I].[K+].[K][K]. The Bertz CT molecular complexity index is 1060. The van der Waals surface area contributed by atoms with Crippen LogP contribution in [0.4, 0.5) is 0 Å². The number of rotatable bonds is 4. The molecular weight excluding hydrogens is 805 g/mol. The molecule has 1 atom stereocenters. The molecule has 0 spiro atoms. The third kappa shape index (κ3) is 20.9. The van der Waals surface area contributed by atoms with Crippen molar-refractivity contribution in [3.05, 3.63) is 83.4 Å². The summed E-state index contributed by atoms with van der Waals surface area (Å²) in [5, 5.41) is 8.53. The Morgan fingerprint density at radius 3 is 1.78 bits per heavy atom. The number of benzene rings is 2. The fourth-order valence-corrected chi connectivity index (χ4v) is 3.01. The summed E-state index contributed by atoms with van der Waals surface area (Å²) < 4.78 is 12.4. The summed E-state index contributed by atoms with van der Waals surface area (Å²) in [5.74, 6) is 1.85. The first-order valence-electron chi connectivity index (χ1n) is 10.5. The van der Waals surface area contributed by atoms with Gasteiger partial charge in [-0.15, -0.1) is 0 Å². The Balaban J connectivity index is -0.000000447. The van der Waals surface area contributed by atoms with Gasteiger partial charge in [-0.05, 0) is 29.7 Å². The van der Waals surface area contributed by atoms with Gasteiger partial charge in [0.1, 0.15) is 11.6 Å². The maximum absolute atomic E-state index is 8.87. The van der Waals surface area contributed by atoms with Crippen LogP contribution in [0, 0.1) is 0 Å². The molecule has 0 aliphatic carbocycles. The van der Waals surface area contributed by atoms with Crippen molar-refractivity contribution in [2.24, 2.45) is 5.73 Å². The van der Waals surface area contributed by atoms with Crippen molar-refractivity contribution < 1.29 is 83.5 Å². The summed E-state index contributed by atoms with van der Waals surface area (Å²) in [7, 11) is -1.65. The first-order chi connectivity index (χ1) is 17.6. The fourth-order valence-electron chi connectivity index (χ4n) is 2.54. The van der Waals surface area contributed by atoms with Gasteiger partial charge in [-0.1, -0.05) is 65.3 Å². The van der Waals surface area contributed by atoms with Crippen LogP contribution in [-0.4, -0.2) is 90.1 Å². The summed E-state index contributed by atoms with van der Waals surface area (Å²) in [5.41, 5.74) is 8.12. The van der Waals surface area contributed by atoms with Crippen LogP contribution in [0.5, 0.6) is 0 Å². The Labute approximate surface area is 334 Å². The Morgan fingerprint density at radius 2 is 1.41 bits per heavy atom. The first kappa shape index (κ1) is 44.9. The molecule has 2 aromatic heterocycles. The second-order valence-electron chi connectivity index (χ2n) is 5.66. The molecule has 2 aromatic carbocycles. The average Bonchev–Trinajstić information content (AvgIpc) is 3.68. The zero-order valence-electron chi connectivity index (χ0n) is 21.2. The zero-order valence-corrected chi connectivity index (χ0v) is 36.2. The van der Waals surface area contributed by atoms with E-state index >= 15 is 0 Å². The Morgan fingerprint density at radius 1 is 1.00 bits per heavy atom. The number of imidazole rings is 2. The molecule has 190 valence electrons. The molecule has 0 fully saturated rings. The first-order valence-corrected chi connectivity index (χ1v) is 31.4. The van der Waals surface area contributed by atoms with Gasteiger partial charge >= 0.3 is 156 Å². The molecule has 0 aliphatic heterocycles. The van der Waals surface area contributed by atoms with Crippen LogP contribution in [-0.2, 0) is 28.4 Å². The molecule has 0 radical (unpaired) electrons. The average molecular weight is 829 g/mol. The predicted molar refractivity (Wildman–Crippen MR) is 149 cm³/mol. The Kier molecular flexibility index (Phi) is 39.2. The fraction of sp³-hybridized carbons (Fsp3) is 0.143. The van der Waals surface area contributed by atoms with Crippen LogP contribution < -0.4 is 67.3 Å². The molecular formula is C21H24BrCuIK3N5O4P. The van der Waals surface area contributed by atoms with Crippen molar-refractivity contribution in [1.29, 1.82) is 0 Å². The summed E-state index contributed by atoms with van der Waals surface area (Å²) >= 11 is 11.8. The van der Waals surface area contributed by atoms with Gasteiger partial charge in [0.15, 0.2) is 0 Å². The second-order valence-corrected chi connectivity index (χ2v) is 7.11. The molecule has 4 rings (SSSR count). The monoisotopic (exact) mass is 827 g/mol. The summed E-state index contributed by atoms with van der Waals surface area (Å²) in [6.07, 6.45) is 8.23. The van der Waals surface area contributed by atoms with Crippen molar-refractivity contribution in [2.75, 3.05) is 7.05 Å². The van der Waals surface area contributed by atoms with Crippen molar-refractivity contribution in [2.45, 2.75) is 13.3 Å². The molecule has 16 heteroatoms. The molecule has 0 saturated heterocycles. The van der Waals surface area contributed by atoms with E-state index in [4.69, 9.17) is 14.7 Å². The third-order valence-electron chi connectivity index (χ3n) is 3.84. The van der Waals surface area contributed by atoms with Gasteiger partial charge in [0, 0.05) is 40.4 Å². The topological polar surface area (TPSA) is 156 Å². The number of nitrogens with zero attached hydrogens (tertiary/aromatic N) is 2. The summed E-state index contributed by atoms with van der Waals surface area (Å²) in [6.45, 7) is 2.15. The van der Waals surface area contributed by atoms with E-state index < -0.39 is 8.25 Å². The number of nitrogens with two attached hydrogens (primary N) is 1. The number of aromatic nitrogens is 4. The van der Waals surface area contributed by atoms with Crippen molar-refractivity contribution in [3.63, 3.8) is 0 Å². The summed E-state index contributed by atoms with van der Waals surface area (Å²) in [4.78, 5) is 23.4. The molecule has 0 saturated carbocycles. The third-order valence-corrected chi connectivity index (χ3v) is 4.65. The normalized spacial score (nSPS) is 8.95. The molecule has 1 unspecified atom stereocenters. The molecule has 4 N–H and O–H groups in total. The van der Waals surface area contributed by atoms with E-state index in [-0.39, 0.29) is 51.4 Å². The number of nitrogens with one attached hydrogen (secondary N) is 2. The van der Waals surface area contributed by atoms with E-state index in [2.05, 4.69) is 84.2 Å². The molecule has 9 nitrogen and oxygen atoms in total. The number of aromatic amines is 2. The van der Waals surface area contributed by atoms with Crippen LogP contribution in [0.15, 0.2) is 77.8 Å². The second kappa shape index (κ2) is 32.4. The van der Waals surface area contributed by atoms with E-state index in [9.17, 15) is 0 Å². The van der Waals surface area contributed by atoms with E-state index in [0.717, 1.165) is 28.1 Å². The van der Waals surface area contributed by atoms with E-state index in [0.29, 0.717) is 0 Å². The number of H-pyrrole nitrogens is 2. The van der Waals surface area contributed by atoms with E-state index in [1.54, 1.807) is 32.7 Å². The zero-order chi connectivity index (χ0) is 27.8. The van der Waals surface area contributed by atoms with Crippen LogP contribution in [0.2, 0.25) is 0 Å². The number of halogens is 2. The van der Waals surface area contributed by atoms with Crippen LogP contribution >= 0.6 is 44.5 Å². The molecule has 0 aliphatic rings. The van der Waals surface area contributed by atoms with Gasteiger partial charge in [0.2, 0.25) is 0 Å². The molecule has 0 bridgehead atoms. The standard InChI is InChI=1S/C11H12N2.C9H7BrN2.CH5N.Cu.HI.3K.HO4P/c1-2-9-5-3-4-6-10(9)11-12-7-8-13-11;10-8-4-2-1-3-7(8)9-11-5-6-12-9;1-2;;;;;;1-4-5(2)3/h3-8H,2H2,1H3,(H,12,13);1-6H,(H,11,12);2H2,1H3;;1H;;;;1H/q;;;+1;;;;+1;/p-2. The van der Waals surface area contributed by atoms with Crippen LogP contribution in [0.3, 0.4) is 0 Å². The van der Waals surface area contributed by atoms with Gasteiger partial charge in [-0.2, -0.15) is 0 Å². The minimum atomic E-state index is -3.15. The number of hydrogen-bond acceptors (Lipinski definition) is 7. The summed E-state index contributed by atoms with van der Waals surface area (Å²) in [6, 6.07) is 16.3. The van der Waals surface area contributed by atoms with Gasteiger partial charge in [0.25, 0.3) is 0 Å². The van der Waals surface area contributed by atoms with E-state index in [1.165, 1.54) is 81.3 Å². The quantitative estimate of drug-likeness (QED) is 0.0889. The molecule has 4 aromatic rings. The van der Waals surface area contributed by atoms with E-state index in [1.807, 2.05) is 42.7 Å².